The number of halogens is 1. The fourth-order valence-corrected chi connectivity index (χ4v) is 6.19. The summed E-state index contributed by atoms with van der Waals surface area (Å²) in [6.07, 6.45) is 0.455. The lowest BCUT2D eigenvalue weighted by Crippen LogP contribution is -2.40. The maximum Gasteiger partial charge on any atom is 0.233 e. The van der Waals surface area contributed by atoms with Crippen LogP contribution in [-0.4, -0.2) is 51.9 Å². The zero-order valence-electron chi connectivity index (χ0n) is 17.4. The number of carbonyl (C=O) groups is 1. The summed E-state index contributed by atoms with van der Waals surface area (Å²) in [5, 5.41) is 12.4. The van der Waals surface area contributed by atoms with Gasteiger partial charge in [0.05, 0.1) is 23.3 Å². The largest absolute Gasteiger partial charge is 0.351 e. The van der Waals surface area contributed by atoms with Crippen LogP contribution in [0.25, 0.3) is 11.4 Å². The molecule has 1 aromatic heterocycles. The summed E-state index contributed by atoms with van der Waals surface area (Å²) in [7, 11) is -3.05. The first kappa shape index (κ1) is 22.8. The lowest BCUT2D eigenvalue weighted by atomic mass is 10.2. The van der Waals surface area contributed by atoms with E-state index in [0.717, 1.165) is 11.1 Å². The number of nitrogens with one attached hydrogen (secondary N) is 1. The van der Waals surface area contributed by atoms with Crippen molar-refractivity contribution in [2.45, 2.75) is 36.3 Å². The molecule has 1 N–H and O–H groups in total. The third-order valence-corrected chi connectivity index (χ3v) is 8.33. The van der Waals surface area contributed by atoms with Gasteiger partial charge >= 0.3 is 0 Å². The molecular weight excluding hydrogens is 468 g/mol. The molecule has 0 aliphatic carbocycles. The quantitative estimate of drug-likeness (QED) is 0.510. The van der Waals surface area contributed by atoms with Crippen LogP contribution in [0.2, 0.25) is 5.02 Å². The van der Waals surface area contributed by atoms with E-state index in [4.69, 9.17) is 11.6 Å². The molecule has 3 aromatic rings. The highest BCUT2D eigenvalue weighted by Gasteiger charge is 2.30. The Labute approximate surface area is 196 Å². The van der Waals surface area contributed by atoms with Gasteiger partial charge in [-0.3, -0.25) is 9.36 Å². The lowest BCUT2D eigenvalue weighted by Gasteiger charge is -2.16. The van der Waals surface area contributed by atoms with Crippen LogP contribution in [0.4, 0.5) is 0 Å². The molecule has 2 heterocycles. The second-order valence-electron chi connectivity index (χ2n) is 7.75. The van der Waals surface area contributed by atoms with E-state index in [1.807, 2.05) is 47.0 Å². The van der Waals surface area contributed by atoms with Crippen LogP contribution >= 0.6 is 23.4 Å². The van der Waals surface area contributed by atoms with E-state index in [1.54, 1.807) is 19.1 Å². The van der Waals surface area contributed by atoms with E-state index in [0.29, 0.717) is 29.0 Å². The van der Waals surface area contributed by atoms with E-state index in [1.165, 1.54) is 11.8 Å². The van der Waals surface area contributed by atoms with Crippen molar-refractivity contribution in [3.63, 3.8) is 0 Å². The van der Waals surface area contributed by atoms with Crippen LogP contribution in [-0.2, 0) is 21.2 Å². The molecule has 1 saturated heterocycles. The molecular formula is C22H23ClN4O3S2. The first-order valence-electron chi connectivity index (χ1n) is 10.2. The number of thioether (sulfide) groups is 1. The summed E-state index contributed by atoms with van der Waals surface area (Å²) >= 11 is 7.34. The third kappa shape index (κ3) is 5.51. The summed E-state index contributed by atoms with van der Waals surface area (Å²) in [6, 6.07) is 17.0. The molecule has 7 nitrogen and oxygen atoms in total. The van der Waals surface area contributed by atoms with Crippen molar-refractivity contribution in [2.75, 3.05) is 11.5 Å². The number of amides is 1. The van der Waals surface area contributed by atoms with Gasteiger partial charge < -0.3 is 5.32 Å². The van der Waals surface area contributed by atoms with E-state index < -0.39 is 15.1 Å². The first-order valence-corrected chi connectivity index (χ1v) is 13.3. The van der Waals surface area contributed by atoms with Gasteiger partial charge in [-0.25, -0.2) is 8.42 Å². The molecule has 168 valence electrons. The van der Waals surface area contributed by atoms with Gasteiger partial charge in [0.15, 0.2) is 20.8 Å². The van der Waals surface area contributed by atoms with Crippen LogP contribution in [0.1, 0.15) is 18.9 Å². The Kier molecular flexibility index (Phi) is 6.88. The van der Waals surface area contributed by atoms with Crippen LogP contribution in [0, 0.1) is 0 Å². The van der Waals surface area contributed by atoms with Gasteiger partial charge in [0.1, 0.15) is 0 Å². The minimum absolute atomic E-state index is 0.00102. The summed E-state index contributed by atoms with van der Waals surface area (Å²) in [4.78, 5) is 12.7. The number of carbonyl (C=O) groups excluding carboxylic acids is 1. The van der Waals surface area contributed by atoms with Crippen molar-refractivity contribution in [3.8, 4) is 11.4 Å². The molecule has 2 unspecified atom stereocenters. The molecule has 0 spiro atoms. The van der Waals surface area contributed by atoms with E-state index in [-0.39, 0.29) is 23.5 Å². The average Bonchev–Trinajstić information content (AvgIpc) is 3.31. The number of sulfone groups is 1. The normalized spacial score (nSPS) is 18.4. The molecule has 1 aliphatic heterocycles. The summed E-state index contributed by atoms with van der Waals surface area (Å²) in [6.45, 7) is 2.33. The molecule has 1 amide bonds. The standard InChI is InChI=1S/C22H23ClN4O3S2/c1-15(21(28)24-19-11-12-32(29,30)14-19)31-22-26-25-20(17-7-9-18(23)10-8-17)27(22)13-16-5-3-2-4-6-16/h2-10,15,19H,11-14H2,1H3,(H,24,28). The van der Waals surface area contributed by atoms with Crippen LogP contribution in [0.5, 0.6) is 0 Å². The summed E-state index contributed by atoms with van der Waals surface area (Å²) in [5.41, 5.74) is 1.95. The topological polar surface area (TPSA) is 93.9 Å². The number of benzene rings is 2. The third-order valence-electron chi connectivity index (χ3n) is 5.23. The fourth-order valence-electron chi connectivity index (χ4n) is 3.54. The van der Waals surface area contributed by atoms with E-state index >= 15 is 0 Å². The van der Waals surface area contributed by atoms with Crippen LogP contribution in [0.15, 0.2) is 59.8 Å². The smallest absolute Gasteiger partial charge is 0.233 e. The molecule has 0 radical (unpaired) electrons. The maximum absolute atomic E-state index is 12.7. The number of nitrogens with zero attached hydrogens (tertiary/aromatic N) is 3. The monoisotopic (exact) mass is 490 g/mol. The highest BCUT2D eigenvalue weighted by atomic mass is 35.5. The Balaban J connectivity index is 1.56. The zero-order valence-corrected chi connectivity index (χ0v) is 19.8. The molecule has 0 saturated carbocycles. The molecule has 1 fully saturated rings. The summed E-state index contributed by atoms with van der Waals surface area (Å²) < 4.78 is 25.3. The van der Waals surface area contributed by atoms with Gasteiger partial charge in [0.25, 0.3) is 0 Å². The van der Waals surface area contributed by atoms with Gasteiger partial charge in [-0.15, -0.1) is 10.2 Å². The highest BCUT2D eigenvalue weighted by Crippen LogP contribution is 2.29. The van der Waals surface area contributed by atoms with Gasteiger partial charge in [0.2, 0.25) is 5.91 Å². The van der Waals surface area contributed by atoms with Crippen molar-refractivity contribution in [2.24, 2.45) is 0 Å². The Morgan fingerprint density at radius 2 is 1.91 bits per heavy atom. The van der Waals surface area contributed by atoms with Crippen molar-refractivity contribution in [1.29, 1.82) is 0 Å². The Bertz CT molecular complexity index is 1200. The molecule has 4 rings (SSSR count). The first-order chi connectivity index (χ1) is 15.3. The van der Waals surface area contributed by atoms with Crippen molar-refractivity contribution in [1.82, 2.24) is 20.1 Å². The Hall–Kier alpha value is -2.36. The average molecular weight is 491 g/mol. The zero-order chi connectivity index (χ0) is 22.7. The second kappa shape index (κ2) is 9.64. The predicted octanol–water partition coefficient (Wildman–Crippen LogP) is 3.43. The van der Waals surface area contributed by atoms with Gasteiger partial charge in [0, 0.05) is 16.6 Å². The van der Waals surface area contributed by atoms with Gasteiger partial charge in [-0.2, -0.15) is 0 Å². The van der Waals surface area contributed by atoms with Gasteiger partial charge in [-0.1, -0.05) is 53.7 Å². The maximum atomic E-state index is 12.7. The predicted molar refractivity (Wildman–Crippen MR) is 127 cm³/mol. The molecule has 10 heteroatoms. The summed E-state index contributed by atoms with van der Waals surface area (Å²) in [5.74, 6) is 0.595. The number of rotatable bonds is 7. The number of aromatic nitrogens is 3. The Morgan fingerprint density at radius 3 is 2.56 bits per heavy atom. The molecule has 2 aromatic carbocycles. The highest BCUT2D eigenvalue weighted by molar-refractivity contribution is 8.00. The Morgan fingerprint density at radius 1 is 1.19 bits per heavy atom. The molecule has 1 aliphatic rings. The lowest BCUT2D eigenvalue weighted by molar-refractivity contribution is -0.120. The number of hydrogen-bond donors (Lipinski definition) is 1. The second-order valence-corrected chi connectivity index (χ2v) is 11.7. The van der Waals surface area contributed by atoms with E-state index in [2.05, 4.69) is 15.5 Å². The molecule has 2 atom stereocenters. The fraction of sp³-hybridized carbons (Fsp3) is 0.318. The molecule has 0 bridgehead atoms. The van der Waals surface area contributed by atoms with Gasteiger partial charge in [-0.05, 0) is 43.2 Å². The minimum atomic E-state index is -3.05. The SMILES string of the molecule is CC(Sc1nnc(-c2ccc(Cl)cc2)n1Cc1ccccc1)C(=O)NC1CCS(=O)(=O)C1. The van der Waals surface area contributed by atoms with Crippen molar-refractivity contribution < 1.29 is 13.2 Å². The van der Waals surface area contributed by atoms with E-state index in [9.17, 15) is 13.2 Å². The minimum Gasteiger partial charge on any atom is -0.351 e. The number of hydrogen-bond acceptors (Lipinski definition) is 6. The van der Waals surface area contributed by atoms with Crippen molar-refractivity contribution >= 4 is 39.1 Å². The molecule has 32 heavy (non-hydrogen) atoms. The van der Waals surface area contributed by atoms with Crippen LogP contribution < -0.4 is 5.32 Å². The van der Waals surface area contributed by atoms with Crippen molar-refractivity contribution in [3.05, 3.63) is 65.2 Å². The van der Waals surface area contributed by atoms with Crippen LogP contribution in [0.3, 0.4) is 0 Å².